The molecule has 1 amide bonds. The Hall–Kier alpha value is -3.15. The van der Waals surface area contributed by atoms with Crippen LogP contribution in [0.5, 0.6) is 0 Å². The van der Waals surface area contributed by atoms with Crippen LogP contribution < -0.4 is 10.0 Å². The standard InChI is InChI=1S/C28H33F2N5O3S/c1-39(37,38)33-24-9-5-6-10-25(24)35-18-32-26(27(35)20-7-3-2-4-8-20)28(36)34-12-11-31-17-23(34)15-19-13-21(29)16-22(30)14-19/h2-4,7-8,13-14,16,18,23-25,31,33H,5-6,9-12,15,17H2,1H3/t23-,24+,25+/m1/s1. The van der Waals surface area contributed by atoms with Crippen LogP contribution in [0, 0.1) is 11.6 Å². The fourth-order valence-corrected chi connectivity index (χ4v) is 6.68. The number of hydrogen-bond donors (Lipinski definition) is 2. The first-order valence-electron chi connectivity index (χ1n) is 13.3. The van der Waals surface area contributed by atoms with Crippen LogP contribution in [0.2, 0.25) is 0 Å². The second-order valence-corrected chi connectivity index (χ2v) is 12.2. The molecular weight excluding hydrogens is 524 g/mol. The molecule has 2 N–H and O–H groups in total. The number of carbonyl (C=O) groups excluding carboxylic acids is 1. The van der Waals surface area contributed by atoms with Crippen LogP contribution in [0.15, 0.2) is 54.9 Å². The quantitative estimate of drug-likeness (QED) is 0.464. The van der Waals surface area contributed by atoms with Crippen molar-refractivity contribution in [2.75, 3.05) is 25.9 Å². The molecule has 1 saturated heterocycles. The molecule has 208 valence electrons. The van der Waals surface area contributed by atoms with Crippen molar-refractivity contribution in [1.82, 2.24) is 24.5 Å². The molecule has 8 nitrogen and oxygen atoms in total. The molecule has 0 spiro atoms. The minimum atomic E-state index is -3.43. The number of piperazine rings is 1. The van der Waals surface area contributed by atoms with Gasteiger partial charge in [0.05, 0.1) is 24.3 Å². The van der Waals surface area contributed by atoms with Crippen LogP contribution in [-0.4, -0.2) is 66.7 Å². The van der Waals surface area contributed by atoms with Crippen LogP contribution in [0.25, 0.3) is 11.3 Å². The van der Waals surface area contributed by atoms with Crippen molar-refractivity contribution < 1.29 is 22.0 Å². The molecule has 1 aromatic heterocycles. The SMILES string of the molecule is CS(=O)(=O)N[C@H]1CCCC[C@@H]1n1cnc(C(=O)N2CCNC[C@H]2Cc2cc(F)cc(F)c2)c1-c1ccccc1. The number of halogens is 2. The van der Waals surface area contributed by atoms with Gasteiger partial charge >= 0.3 is 0 Å². The third-order valence-corrected chi connectivity index (χ3v) is 8.23. The number of imidazole rings is 1. The second-order valence-electron chi connectivity index (χ2n) is 10.4. The number of nitrogens with one attached hydrogen (secondary N) is 2. The lowest BCUT2D eigenvalue weighted by molar-refractivity contribution is 0.0631. The van der Waals surface area contributed by atoms with E-state index in [1.54, 1.807) is 11.2 Å². The zero-order valence-electron chi connectivity index (χ0n) is 21.8. The molecule has 3 aromatic rings. The zero-order valence-corrected chi connectivity index (χ0v) is 22.6. The highest BCUT2D eigenvalue weighted by molar-refractivity contribution is 7.88. The Bertz CT molecular complexity index is 1410. The van der Waals surface area contributed by atoms with Crippen molar-refractivity contribution >= 4 is 15.9 Å². The van der Waals surface area contributed by atoms with E-state index in [4.69, 9.17) is 0 Å². The van der Waals surface area contributed by atoms with Crippen molar-refractivity contribution in [2.45, 2.75) is 50.2 Å². The van der Waals surface area contributed by atoms with E-state index in [2.05, 4.69) is 15.0 Å². The van der Waals surface area contributed by atoms with Crippen molar-refractivity contribution in [3.05, 3.63) is 77.8 Å². The number of hydrogen-bond acceptors (Lipinski definition) is 5. The molecule has 3 atom stereocenters. The van der Waals surface area contributed by atoms with E-state index >= 15 is 0 Å². The Balaban J connectivity index is 1.51. The maximum atomic E-state index is 14.1. The Kier molecular flexibility index (Phi) is 8.11. The summed E-state index contributed by atoms with van der Waals surface area (Å²) in [5.74, 6) is -1.57. The summed E-state index contributed by atoms with van der Waals surface area (Å²) in [6.07, 6.45) is 6.38. The minimum Gasteiger partial charge on any atom is -0.331 e. The molecule has 0 unspecified atom stereocenters. The third kappa shape index (κ3) is 6.37. The van der Waals surface area contributed by atoms with Gasteiger partial charge < -0.3 is 14.8 Å². The summed E-state index contributed by atoms with van der Waals surface area (Å²) in [7, 11) is -3.43. The molecular formula is C28H33F2N5O3S. The van der Waals surface area contributed by atoms with E-state index in [1.807, 2.05) is 34.9 Å². The van der Waals surface area contributed by atoms with Gasteiger partial charge in [0.1, 0.15) is 11.6 Å². The maximum absolute atomic E-state index is 14.1. The van der Waals surface area contributed by atoms with Crippen molar-refractivity contribution in [2.24, 2.45) is 0 Å². The van der Waals surface area contributed by atoms with Crippen molar-refractivity contribution in [3.8, 4) is 11.3 Å². The van der Waals surface area contributed by atoms with Crippen molar-refractivity contribution in [1.29, 1.82) is 0 Å². The molecule has 2 heterocycles. The Morgan fingerprint density at radius 3 is 2.54 bits per heavy atom. The number of rotatable bonds is 7. The average Bonchev–Trinajstić information content (AvgIpc) is 3.33. The van der Waals surface area contributed by atoms with Gasteiger partial charge in [-0.3, -0.25) is 4.79 Å². The van der Waals surface area contributed by atoms with Crippen LogP contribution in [-0.2, 0) is 16.4 Å². The summed E-state index contributed by atoms with van der Waals surface area (Å²) >= 11 is 0. The van der Waals surface area contributed by atoms with E-state index < -0.39 is 21.7 Å². The van der Waals surface area contributed by atoms with Gasteiger partial charge in [-0.15, -0.1) is 0 Å². The molecule has 1 saturated carbocycles. The molecule has 2 aromatic carbocycles. The highest BCUT2D eigenvalue weighted by Crippen LogP contribution is 2.35. The van der Waals surface area contributed by atoms with Crippen LogP contribution in [0.4, 0.5) is 8.78 Å². The second kappa shape index (κ2) is 11.5. The molecule has 1 aliphatic heterocycles. The lowest BCUT2D eigenvalue weighted by atomic mass is 9.90. The molecule has 0 radical (unpaired) electrons. The molecule has 2 fully saturated rings. The summed E-state index contributed by atoms with van der Waals surface area (Å²) in [4.78, 5) is 20.4. The normalized spacial score (nSPS) is 22.1. The Morgan fingerprint density at radius 1 is 1.10 bits per heavy atom. The molecule has 0 bridgehead atoms. The topological polar surface area (TPSA) is 96.3 Å². The van der Waals surface area contributed by atoms with Gasteiger partial charge in [0.15, 0.2) is 5.69 Å². The fourth-order valence-electron chi connectivity index (χ4n) is 5.86. The Morgan fingerprint density at radius 2 is 1.82 bits per heavy atom. The first-order valence-corrected chi connectivity index (χ1v) is 15.1. The first-order chi connectivity index (χ1) is 18.7. The van der Waals surface area contributed by atoms with Crippen LogP contribution in [0.1, 0.15) is 47.8 Å². The predicted octanol–water partition coefficient (Wildman–Crippen LogP) is 3.52. The number of amides is 1. The molecule has 1 aliphatic carbocycles. The summed E-state index contributed by atoms with van der Waals surface area (Å²) in [5.41, 5.74) is 2.20. The lowest BCUT2D eigenvalue weighted by Gasteiger charge is -2.36. The van der Waals surface area contributed by atoms with Crippen LogP contribution in [0.3, 0.4) is 0 Å². The number of carbonyl (C=O) groups is 1. The number of nitrogens with zero attached hydrogens (tertiary/aromatic N) is 3. The smallest absolute Gasteiger partial charge is 0.275 e. The largest absolute Gasteiger partial charge is 0.331 e. The molecule has 39 heavy (non-hydrogen) atoms. The Labute approximate surface area is 227 Å². The maximum Gasteiger partial charge on any atom is 0.275 e. The number of sulfonamides is 1. The van der Waals surface area contributed by atoms with E-state index in [0.717, 1.165) is 37.1 Å². The molecule has 5 rings (SSSR count). The zero-order chi connectivity index (χ0) is 27.6. The molecule has 11 heteroatoms. The van der Waals surface area contributed by atoms with Gasteiger partial charge in [0.25, 0.3) is 5.91 Å². The van der Waals surface area contributed by atoms with Gasteiger partial charge in [-0.1, -0.05) is 43.2 Å². The monoisotopic (exact) mass is 557 g/mol. The first kappa shape index (κ1) is 27.4. The van der Waals surface area contributed by atoms with E-state index in [1.165, 1.54) is 12.1 Å². The average molecular weight is 558 g/mol. The number of aromatic nitrogens is 2. The summed E-state index contributed by atoms with van der Waals surface area (Å²) in [6, 6.07) is 12.1. The summed E-state index contributed by atoms with van der Waals surface area (Å²) in [5, 5.41) is 3.28. The fraction of sp³-hybridized carbons (Fsp3) is 0.429. The van der Waals surface area contributed by atoms with Gasteiger partial charge in [-0.05, 0) is 37.0 Å². The lowest BCUT2D eigenvalue weighted by Crippen LogP contribution is -2.54. The van der Waals surface area contributed by atoms with Crippen LogP contribution >= 0.6 is 0 Å². The van der Waals surface area contributed by atoms with Gasteiger partial charge in [-0.25, -0.2) is 26.9 Å². The molecule has 2 aliphatic rings. The highest BCUT2D eigenvalue weighted by atomic mass is 32.2. The van der Waals surface area contributed by atoms with E-state index in [9.17, 15) is 22.0 Å². The van der Waals surface area contributed by atoms with Gasteiger partial charge in [0.2, 0.25) is 10.0 Å². The minimum absolute atomic E-state index is 0.202. The summed E-state index contributed by atoms with van der Waals surface area (Å²) in [6.45, 7) is 1.49. The van der Waals surface area contributed by atoms with E-state index in [-0.39, 0.29) is 36.1 Å². The van der Waals surface area contributed by atoms with Gasteiger partial charge in [0, 0.05) is 43.3 Å². The van der Waals surface area contributed by atoms with E-state index in [0.29, 0.717) is 37.3 Å². The summed E-state index contributed by atoms with van der Waals surface area (Å²) < 4.78 is 56.7. The third-order valence-electron chi connectivity index (χ3n) is 7.50. The number of benzene rings is 2. The van der Waals surface area contributed by atoms with Crippen molar-refractivity contribution in [3.63, 3.8) is 0 Å². The predicted molar refractivity (Wildman–Crippen MR) is 145 cm³/mol. The van der Waals surface area contributed by atoms with Gasteiger partial charge in [-0.2, -0.15) is 0 Å². The highest BCUT2D eigenvalue weighted by Gasteiger charge is 2.35.